The summed E-state index contributed by atoms with van der Waals surface area (Å²) in [6.07, 6.45) is 4.43. The molecule has 0 heterocycles. The molecule has 62 valence electrons. The quantitative estimate of drug-likeness (QED) is 0.394. The molecule has 0 saturated carbocycles. The number of rotatable bonds is 5. The highest BCUT2D eigenvalue weighted by atomic mass is 15.5. The van der Waals surface area contributed by atoms with E-state index in [0.717, 1.165) is 5.82 Å². The van der Waals surface area contributed by atoms with Crippen LogP contribution in [-0.2, 0) is 0 Å². The molecule has 0 unspecified atom stereocenters. The Bertz CT molecular complexity index is 162. The lowest BCUT2D eigenvalue weighted by molar-refractivity contribution is 0.333. The zero-order valence-corrected chi connectivity index (χ0v) is 6.89. The van der Waals surface area contributed by atoms with Gasteiger partial charge in [-0.25, -0.2) is 0 Å². The zero-order valence-electron chi connectivity index (χ0n) is 6.89. The molecule has 0 fully saturated rings. The first kappa shape index (κ1) is 9.55. The minimum absolute atomic E-state index is 0.764. The summed E-state index contributed by atoms with van der Waals surface area (Å²) in [6, 6.07) is 0. The number of allylic oxidation sites excluding steroid dienone is 1. The molecular formula is C7H14N4. The van der Waals surface area contributed by atoms with E-state index in [1.165, 1.54) is 6.21 Å². The maximum Gasteiger partial charge on any atom is 0.112 e. The molecule has 0 aliphatic carbocycles. The van der Waals surface area contributed by atoms with Crippen LogP contribution in [0.2, 0.25) is 0 Å². The fraction of sp³-hybridized carbons (Fsp3) is 0.286. The largest absolute Gasteiger partial charge is 0.374 e. The van der Waals surface area contributed by atoms with E-state index in [4.69, 9.17) is 5.41 Å². The third kappa shape index (κ3) is 4.02. The molecule has 0 atom stereocenters. The first-order valence-corrected chi connectivity index (χ1v) is 3.24. The van der Waals surface area contributed by atoms with E-state index in [1.807, 2.05) is 7.05 Å². The number of hydrazine groups is 1. The molecule has 4 heteroatoms. The second kappa shape index (κ2) is 5.34. The fourth-order valence-electron chi connectivity index (χ4n) is 0.449. The summed E-state index contributed by atoms with van der Waals surface area (Å²) in [5.74, 6) is 0.764. The SMILES string of the molecule is C=C(NC)N(C)N/C=C\C=N. The third-order valence-electron chi connectivity index (χ3n) is 1.15. The normalized spacial score (nSPS) is 9.27. The first-order valence-electron chi connectivity index (χ1n) is 3.24. The molecule has 0 aromatic heterocycles. The van der Waals surface area contributed by atoms with E-state index in [2.05, 4.69) is 17.3 Å². The van der Waals surface area contributed by atoms with Gasteiger partial charge >= 0.3 is 0 Å². The van der Waals surface area contributed by atoms with Gasteiger partial charge in [0.25, 0.3) is 0 Å². The van der Waals surface area contributed by atoms with Crippen molar-refractivity contribution < 1.29 is 0 Å². The predicted octanol–water partition coefficient (Wildman–Crippen LogP) is 0.277. The van der Waals surface area contributed by atoms with Crippen molar-refractivity contribution in [3.05, 3.63) is 24.7 Å². The van der Waals surface area contributed by atoms with Crippen molar-refractivity contribution in [1.29, 1.82) is 5.41 Å². The summed E-state index contributed by atoms with van der Waals surface area (Å²) in [5.41, 5.74) is 2.87. The minimum Gasteiger partial charge on any atom is -0.374 e. The zero-order chi connectivity index (χ0) is 8.69. The second-order valence-corrected chi connectivity index (χ2v) is 1.91. The summed E-state index contributed by atoms with van der Waals surface area (Å²) in [7, 11) is 3.62. The molecule has 0 aliphatic rings. The van der Waals surface area contributed by atoms with Crippen LogP contribution in [0.25, 0.3) is 0 Å². The van der Waals surface area contributed by atoms with Crippen molar-refractivity contribution in [2.75, 3.05) is 14.1 Å². The highest BCUT2D eigenvalue weighted by molar-refractivity contribution is 5.67. The first-order chi connectivity index (χ1) is 5.22. The molecule has 11 heavy (non-hydrogen) atoms. The molecule has 0 rings (SSSR count). The molecule has 4 nitrogen and oxygen atoms in total. The van der Waals surface area contributed by atoms with Gasteiger partial charge in [-0.05, 0) is 6.08 Å². The van der Waals surface area contributed by atoms with Gasteiger partial charge < -0.3 is 16.2 Å². The molecule has 0 bridgehead atoms. The van der Waals surface area contributed by atoms with E-state index in [9.17, 15) is 0 Å². The van der Waals surface area contributed by atoms with Gasteiger partial charge in [0, 0.05) is 26.5 Å². The van der Waals surface area contributed by atoms with Crippen LogP contribution < -0.4 is 10.7 Å². The summed E-state index contributed by atoms with van der Waals surface area (Å²) >= 11 is 0. The molecule has 3 N–H and O–H groups in total. The van der Waals surface area contributed by atoms with Crippen molar-refractivity contribution in [3.63, 3.8) is 0 Å². The van der Waals surface area contributed by atoms with Crippen molar-refractivity contribution in [1.82, 2.24) is 15.8 Å². The summed E-state index contributed by atoms with van der Waals surface area (Å²) in [4.78, 5) is 0. The van der Waals surface area contributed by atoms with E-state index < -0.39 is 0 Å². The monoisotopic (exact) mass is 154 g/mol. The lowest BCUT2D eigenvalue weighted by Gasteiger charge is -2.20. The number of hydrogen-bond acceptors (Lipinski definition) is 4. The van der Waals surface area contributed by atoms with E-state index >= 15 is 0 Å². The van der Waals surface area contributed by atoms with Gasteiger partial charge in [-0.15, -0.1) is 0 Å². The van der Waals surface area contributed by atoms with Gasteiger partial charge in [0.1, 0.15) is 5.82 Å². The Labute approximate surface area is 67.1 Å². The molecule has 0 spiro atoms. The van der Waals surface area contributed by atoms with Crippen LogP contribution in [0.4, 0.5) is 0 Å². The Morgan fingerprint density at radius 3 is 2.73 bits per heavy atom. The van der Waals surface area contributed by atoms with Gasteiger partial charge in [0.2, 0.25) is 0 Å². The Kier molecular flexibility index (Phi) is 4.64. The van der Waals surface area contributed by atoms with Gasteiger partial charge in [0.05, 0.1) is 0 Å². The highest BCUT2D eigenvalue weighted by Gasteiger charge is 1.92. The topological polar surface area (TPSA) is 51.1 Å². The van der Waals surface area contributed by atoms with Crippen LogP contribution >= 0.6 is 0 Å². The standard InChI is InChI=1S/C7H14N4/c1-7(9-2)11(3)10-6-4-5-8/h4-6,8-10H,1H2,2-3H3/b6-4-,8-5?. The summed E-state index contributed by atoms with van der Waals surface area (Å²) in [5, 5.41) is 11.3. The van der Waals surface area contributed by atoms with Crippen LogP contribution in [0.5, 0.6) is 0 Å². The summed E-state index contributed by atoms with van der Waals surface area (Å²) in [6.45, 7) is 3.71. The molecule has 0 aromatic rings. The number of hydrogen-bond donors (Lipinski definition) is 3. The Morgan fingerprint density at radius 1 is 1.64 bits per heavy atom. The van der Waals surface area contributed by atoms with Gasteiger partial charge in [0.15, 0.2) is 0 Å². The molecule has 0 amide bonds. The summed E-state index contributed by atoms with van der Waals surface area (Å²) < 4.78 is 0. The van der Waals surface area contributed by atoms with E-state index in [0.29, 0.717) is 0 Å². The van der Waals surface area contributed by atoms with Crippen LogP contribution in [0, 0.1) is 5.41 Å². The highest BCUT2D eigenvalue weighted by Crippen LogP contribution is 1.85. The number of nitrogens with one attached hydrogen (secondary N) is 3. The smallest absolute Gasteiger partial charge is 0.112 e. The van der Waals surface area contributed by atoms with E-state index in [-0.39, 0.29) is 0 Å². The van der Waals surface area contributed by atoms with Crippen molar-refractivity contribution in [2.24, 2.45) is 0 Å². The Morgan fingerprint density at radius 2 is 2.27 bits per heavy atom. The molecule has 0 aromatic carbocycles. The van der Waals surface area contributed by atoms with Crippen molar-refractivity contribution in [3.8, 4) is 0 Å². The average molecular weight is 154 g/mol. The van der Waals surface area contributed by atoms with Crippen molar-refractivity contribution in [2.45, 2.75) is 0 Å². The van der Waals surface area contributed by atoms with Crippen LogP contribution in [0.15, 0.2) is 24.7 Å². The predicted molar refractivity (Wildman–Crippen MR) is 47.0 cm³/mol. The maximum absolute atomic E-state index is 6.69. The fourth-order valence-corrected chi connectivity index (χ4v) is 0.449. The number of nitrogens with zero attached hydrogens (tertiary/aromatic N) is 1. The molecule has 0 saturated heterocycles. The lowest BCUT2D eigenvalue weighted by atomic mass is 10.7. The van der Waals surface area contributed by atoms with Gasteiger partial charge in [-0.1, -0.05) is 6.58 Å². The molecular weight excluding hydrogens is 140 g/mol. The lowest BCUT2D eigenvalue weighted by Crippen LogP contribution is -2.34. The van der Waals surface area contributed by atoms with Gasteiger partial charge in [-0.3, -0.25) is 5.01 Å². The van der Waals surface area contributed by atoms with Crippen molar-refractivity contribution >= 4 is 6.21 Å². The van der Waals surface area contributed by atoms with Crippen LogP contribution in [0.3, 0.4) is 0 Å². The van der Waals surface area contributed by atoms with Crippen LogP contribution in [-0.4, -0.2) is 25.3 Å². The van der Waals surface area contributed by atoms with Gasteiger partial charge in [-0.2, -0.15) is 0 Å². The Hall–Kier alpha value is -1.45. The average Bonchev–Trinajstić information content (AvgIpc) is 2.03. The molecule has 0 aliphatic heterocycles. The second-order valence-electron chi connectivity index (χ2n) is 1.91. The molecule has 0 radical (unpaired) electrons. The minimum atomic E-state index is 0.764. The maximum atomic E-state index is 6.69. The third-order valence-corrected chi connectivity index (χ3v) is 1.15. The van der Waals surface area contributed by atoms with Crippen LogP contribution in [0.1, 0.15) is 0 Å². The Balaban J connectivity index is 3.68. The van der Waals surface area contributed by atoms with E-state index in [1.54, 1.807) is 24.3 Å².